The van der Waals surface area contributed by atoms with Gasteiger partial charge in [-0.25, -0.2) is 0 Å². The second kappa shape index (κ2) is 6.47. The summed E-state index contributed by atoms with van der Waals surface area (Å²) in [4.78, 5) is 10.5. The molecule has 0 fully saturated rings. The summed E-state index contributed by atoms with van der Waals surface area (Å²) in [6.07, 6.45) is 0. The summed E-state index contributed by atoms with van der Waals surface area (Å²) < 4.78 is 0. The van der Waals surface area contributed by atoms with Gasteiger partial charge in [-0.3, -0.25) is 10.1 Å². The molecule has 0 amide bonds. The van der Waals surface area contributed by atoms with Crippen LogP contribution in [0.2, 0.25) is 0 Å². The number of rotatable bonds is 6. The molecule has 1 rings (SSSR count). The zero-order valence-corrected chi connectivity index (χ0v) is 11.2. The van der Waals surface area contributed by atoms with Gasteiger partial charge < -0.3 is 10.6 Å². The van der Waals surface area contributed by atoms with Crippen molar-refractivity contribution in [3.8, 4) is 0 Å². The van der Waals surface area contributed by atoms with Gasteiger partial charge in [-0.15, -0.1) is 0 Å². The third-order valence-corrected chi connectivity index (χ3v) is 2.46. The van der Waals surface area contributed by atoms with Crippen LogP contribution in [0, 0.1) is 10.1 Å². The number of para-hydroxylation sites is 1. The van der Waals surface area contributed by atoms with Crippen molar-refractivity contribution in [2.75, 3.05) is 13.1 Å². The smallest absolute Gasteiger partial charge is 0.273 e. The Morgan fingerprint density at radius 1 is 1.22 bits per heavy atom. The van der Waals surface area contributed by atoms with Crippen molar-refractivity contribution in [2.45, 2.75) is 32.9 Å². The molecule has 0 aliphatic rings. The van der Waals surface area contributed by atoms with E-state index in [1.54, 1.807) is 12.1 Å². The molecule has 0 spiro atoms. The van der Waals surface area contributed by atoms with Crippen LogP contribution >= 0.6 is 0 Å². The van der Waals surface area contributed by atoms with E-state index in [0.29, 0.717) is 6.54 Å². The zero-order chi connectivity index (χ0) is 13.6. The molecule has 0 saturated heterocycles. The second-order valence-electron chi connectivity index (χ2n) is 5.24. The van der Waals surface area contributed by atoms with Crippen LogP contribution in [0.15, 0.2) is 24.3 Å². The molecule has 0 aliphatic carbocycles. The Bertz CT molecular complexity index is 399. The Balaban J connectivity index is 2.38. The molecule has 0 atom stereocenters. The van der Waals surface area contributed by atoms with Gasteiger partial charge in [0.15, 0.2) is 0 Å². The number of hydrogen-bond acceptors (Lipinski definition) is 4. The van der Waals surface area contributed by atoms with Crippen molar-refractivity contribution in [2.24, 2.45) is 0 Å². The van der Waals surface area contributed by atoms with Gasteiger partial charge >= 0.3 is 0 Å². The van der Waals surface area contributed by atoms with E-state index in [0.717, 1.165) is 18.7 Å². The van der Waals surface area contributed by atoms with Crippen LogP contribution in [0.1, 0.15) is 26.3 Å². The third-order valence-electron chi connectivity index (χ3n) is 2.46. The lowest BCUT2D eigenvalue weighted by molar-refractivity contribution is -0.385. The van der Waals surface area contributed by atoms with E-state index < -0.39 is 0 Å². The lowest BCUT2D eigenvalue weighted by Crippen LogP contribution is -2.40. The topological polar surface area (TPSA) is 67.2 Å². The first-order valence-electron chi connectivity index (χ1n) is 6.08. The Labute approximate surface area is 108 Å². The first kappa shape index (κ1) is 14.6. The van der Waals surface area contributed by atoms with Crippen molar-refractivity contribution in [3.63, 3.8) is 0 Å². The van der Waals surface area contributed by atoms with E-state index in [2.05, 4.69) is 31.4 Å². The summed E-state index contributed by atoms with van der Waals surface area (Å²) in [7, 11) is 0. The summed E-state index contributed by atoms with van der Waals surface area (Å²) in [6.45, 7) is 8.45. The molecule has 0 radical (unpaired) electrons. The van der Waals surface area contributed by atoms with Gasteiger partial charge in [-0.1, -0.05) is 18.2 Å². The molecule has 0 heterocycles. The number of benzene rings is 1. The first-order valence-corrected chi connectivity index (χ1v) is 6.08. The van der Waals surface area contributed by atoms with Gasteiger partial charge in [0.05, 0.1) is 4.92 Å². The van der Waals surface area contributed by atoms with E-state index in [4.69, 9.17) is 0 Å². The molecule has 1 aromatic rings. The number of nitrogens with one attached hydrogen (secondary N) is 2. The average molecular weight is 251 g/mol. The highest BCUT2D eigenvalue weighted by Gasteiger charge is 2.11. The maximum atomic E-state index is 10.8. The minimum absolute atomic E-state index is 0.0976. The Morgan fingerprint density at radius 3 is 2.50 bits per heavy atom. The lowest BCUT2D eigenvalue weighted by atomic mass is 10.1. The fourth-order valence-corrected chi connectivity index (χ4v) is 1.59. The van der Waals surface area contributed by atoms with Crippen molar-refractivity contribution >= 4 is 5.69 Å². The molecule has 100 valence electrons. The molecular formula is C13H21N3O2. The molecule has 2 N–H and O–H groups in total. The van der Waals surface area contributed by atoms with Crippen LogP contribution in [-0.2, 0) is 6.54 Å². The molecule has 5 heteroatoms. The fourth-order valence-electron chi connectivity index (χ4n) is 1.59. The molecule has 0 bridgehead atoms. The van der Waals surface area contributed by atoms with Gasteiger partial charge in [0.2, 0.25) is 0 Å². The highest BCUT2D eigenvalue weighted by atomic mass is 16.6. The molecule has 0 aliphatic heterocycles. The fraction of sp³-hybridized carbons (Fsp3) is 0.538. The lowest BCUT2D eigenvalue weighted by Gasteiger charge is -2.20. The predicted octanol–water partition coefficient (Wildman–Crippen LogP) is 2.07. The summed E-state index contributed by atoms with van der Waals surface area (Å²) in [6, 6.07) is 6.81. The van der Waals surface area contributed by atoms with Crippen molar-refractivity contribution in [1.82, 2.24) is 10.6 Å². The third kappa shape index (κ3) is 5.25. The van der Waals surface area contributed by atoms with Crippen LogP contribution in [-0.4, -0.2) is 23.6 Å². The normalized spacial score (nSPS) is 11.5. The second-order valence-corrected chi connectivity index (χ2v) is 5.24. The van der Waals surface area contributed by atoms with Gasteiger partial charge in [-0.2, -0.15) is 0 Å². The number of nitrogens with zero attached hydrogens (tertiary/aromatic N) is 1. The molecule has 0 unspecified atom stereocenters. The summed E-state index contributed by atoms with van der Waals surface area (Å²) in [5, 5.41) is 17.4. The minimum Gasteiger partial charge on any atom is -0.311 e. The summed E-state index contributed by atoms with van der Waals surface area (Å²) >= 11 is 0. The van der Waals surface area contributed by atoms with E-state index in [1.807, 2.05) is 6.07 Å². The maximum absolute atomic E-state index is 10.8. The molecule has 18 heavy (non-hydrogen) atoms. The summed E-state index contributed by atoms with van der Waals surface area (Å²) in [5.41, 5.74) is 0.993. The minimum atomic E-state index is -0.343. The Hall–Kier alpha value is -1.46. The Morgan fingerprint density at radius 2 is 1.89 bits per heavy atom. The number of hydrogen-bond donors (Lipinski definition) is 2. The average Bonchev–Trinajstić information content (AvgIpc) is 2.27. The van der Waals surface area contributed by atoms with Gasteiger partial charge in [0, 0.05) is 36.8 Å². The monoisotopic (exact) mass is 251 g/mol. The highest BCUT2D eigenvalue weighted by Crippen LogP contribution is 2.16. The van der Waals surface area contributed by atoms with Crippen LogP contribution in [0.4, 0.5) is 5.69 Å². The first-order chi connectivity index (χ1) is 8.40. The molecule has 1 aromatic carbocycles. The molecule has 5 nitrogen and oxygen atoms in total. The molecule has 0 saturated carbocycles. The van der Waals surface area contributed by atoms with Crippen LogP contribution in [0.5, 0.6) is 0 Å². The van der Waals surface area contributed by atoms with Crippen LogP contribution < -0.4 is 10.6 Å². The zero-order valence-electron chi connectivity index (χ0n) is 11.2. The van der Waals surface area contributed by atoms with E-state index in [-0.39, 0.29) is 16.1 Å². The van der Waals surface area contributed by atoms with Crippen LogP contribution in [0.3, 0.4) is 0 Å². The highest BCUT2D eigenvalue weighted by molar-refractivity contribution is 5.39. The Kier molecular flexibility index (Phi) is 5.25. The van der Waals surface area contributed by atoms with Crippen molar-refractivity contribution in [3.05, 3.63) is 39.9 Å². The quantitative estimate of drug-likeness (QED) is 0.461. The van der Waals surface area contributed by atoms with E-state index in [9.17, 15) is 10.1 Å². The molecular weight excluding hydrogens is 230 g/mol. The van der Waals surface area contributed by atoms with Crippen molar-refractivity contribution in [1.29, 1.82) is 0 Å². The number of nitro groups is 1. The van der Waals surface area contributed by atoms with Gasteiger partial charge in [-0.05, 0) is 20.8 Å². The van der Waals surface area contributed by atoms with Crippen LogP contribution in [0.25, 0.3) is 0 Å². The molecule has 0 aromatic heterocycles. The van der Waals surface area contributed by atoms with Gasteiger partial charge in [0.1, 0.15) is 0 Å². The predicted molar refractivity (Wildman–Crippen MR) is 72.6 cm³/mol. The van der Waals surface area contributed by atoms with E-state index in [1.165, 1.54) is 6.07 Å². The number of nitro benzene ring substituents is 1. The maximum Gasteiger partial charge on any atom is 0.273 e. The largest absolute Gasteiger partial charge is 0.311 e. The summed E-state index contributed by atoms with van der Waals surface area (Å²) in [5.74, 6) is 0. The standard InChI is InChI=1S/C13H21N3O2/c1-13(2,3)15-9-8-14-10-11-6-4-5-7-12(11)16(17)18/h4-7,14-15H,8-10H2,1-3H3. The van der Waals surface area contributed by atoms with Crippen molar-refractivity contribution < 1.29 is 4.92 Å². The SMILES string of the molecule is CC(C)(C)NCCNCc1ccccc1[N+](=O)[O-]. The van der Waals surface area contributed by atoms with E-state index >= 15 is 0 Å². The van der Waals surface area contributed by atoms with Gasteiger partial charge in [0.25, 0.3) is 5.69 Å².